The van der Waals surface area contributed by atoms with E-state index in [2.05, 4.69) is 29.2 Å². The van der Waals surface area contributed by atoms with E-state index in [1.165, 1.54) is 10.3 Å². The molecule has 1 fully saturated rings. The maximum atomic E-state index is 11.1. The lowest BCUT2D eigenvalue weighted by Crippen LogP contribution is -2.49. The van der Waals surface area contributed by atoms with Crippen molar-refractivity contribution in [2.24, 2.45) is 0 Å². The molecule has 0 amide bonds. The molecule has 6 heteroatoms. The molecular formula is C24H20ClN3OS. The van der Waals surface area contributed by atoms with E-state index in [1.54, 1.807) is 11.3 Å². The van der Waals surface area contributed by atoms with Crippen molar-refractivity contribution in [3.05, 3.63) is 75.9 Å². The Morgan fingerprint density at radius 3 is 2.80 bits per heavy atom. The van der Waals surface area contributed by atoms with Crippen LogP contribution >= 0.6 is 22.9 Å². The Balaban J connectivity index is 1.48. The molecule has 1 saturated heterocycles. The number of aldehydes is 1. The number of hydrogen-bond donors (Lipinski definition) is 0. The molecule has 30 heavy (non-hydrogen) atoms. The number of aryl methyl sites for hydroxylation is 1. The number of carbonyl (C=O) groups excluding carboxylic acids is 1. The van der Waals surface area contributed by atoms with Crippen LogP contribution in [-0.4, -0.2) is 28.8 Å². The molecule has 0 aliphatic carbocycles. The summed E-state index contributed by atoms with van der Waals surface area (Å²) in [6.45, 7) is 2.93. The van der Waals surface area contributed by atoms with E-state index in [-0.39, 0.29) is 6.04 Å². The molecule has 0 N–H and O–H groups in total. The largest absolute Gasteiger partial charge is 0.347 e. The first kappa shape index (κ1) is 19.2. The summed E-state index contributed by atoms with van der Waals surface area (Å²) >= 11 is 7.96. The van der Waals surface area contributed by atoms with E-state index < -0.39 is 0 Å². The van der Waals surface area contributed by atoms with Gasteiger partial charge in [0.15, 0.2) is 0 Å². The van der Waals surface area contributed by atoms with Crippen LogP contribution in [0, 0.1) is 6.92 Å². The van der Waals surface area contributed by atoms with Crippen LogP contribution in [0.25, 0.3) is 21.3 Å². The van der Waals surface area contributed by atoms with Crippen molar-refractivity contribution >= 4 is 45.3 Å². The standard InChI is InChI=1S/C24H20ClN3OS/c1-15-27-24-21(18-3-2-4-19(25)12-18)10-17(11-22(24)30-15)9-16-5-6-23(26-13-16)28-8-7-20(28)14-29/h2-6,10-14,20H,7-9H2,1H3/t20-/m0/s1. The number of halogens is 1. The van der Waals surface area contributed by atoms with Crippen LogP contribution in [-0.2, 0) is 11.2 Å². The molecule has 0 bridgehead atoms. The normalized spacial score (nSPS) is 15.9. The Morgan fingerprint density at radius 2 is 2.10 bits per heavy atom. The molecule has 2 aromatic carbocycles. The second-order valence-electron chi connectivity index (χ2n) is 7.62. The number of aromatic nitrogens is 2. The van der Waals surface area contributed by atoms with Gasteiger partial charge in [0.25, 0.3) is 0 Å². The average molecular weight is 434 g/mol. The highest BCUT2D eigenvalue weighted by Gasteiger charge is 2.28. The van der Waals surface area contributed by atoms with Crippen LogP contribution in [0.3, 0.4) is 0 Å². The smallest absolute Gasteiger partial charge is 0.142 e. The van der Waals surface area contributed by atoms with Gasteiger partial charge < -0.3 is 9.69 Å². The lowest BCUT2D eigenvalue weighted by atomic mass is 9.98. The fourth-order valence-corrected chi connectivity index (χ4v) is 5.04. The number of nitrogens with zero attached hydrogens (tertiary/aromatic N) is 3. The molecule has 0 spiro atoms. The monoisotopic (exact) mass is 433 g/mol. The van der Waals surface area contributed by atoms with Gasteiger partial charge >= 0.3 is 0 Å². The molecule has 150 valence electrons. The van der Waals surface area contributed by atoms with Crippen molar-refractivity contribution in [3.8, 4) is 11.1 Å². The van der Waals surface area contributed by atoms with Crippen LogP contribution in [0.1, 0.15) is 22.6 Å². The zero-order chi connectivity index (χ0) is 20.7. The Hall–Kier alpha value is -2.76. The lowest BCUT2D eigenvalue weighted by molar-refractivity contribution is -0.109. The lowest BCUT2D eigenvalue weighted by Gasteiger charge is -2.38. The summed E-state index contributed by atoms with van der Waals surface area (Å²) in [7, 11) is 0. The Bertz CT molecular complexity index is 1240. The van der Waals surface area contributed by atoms with Gasteiger partial charge in [0, 0.05) is 23.3 Å². The van der Waals surface area contributed by atoms with Crippen molar-refractivity contribution < 1.29 is 4.79 Å². The third-order valence-corrected chi connectivity index (χ3v) is 6.69. The summed E-state index contributed by atoms with van der Waals surface area (Å²) in [5.41, 5.74) is 5.55. The van der Waals surface area contributed by atoms with Crippen molar-refractivity contribution in [2.45, 2.75) is 25.8 Å². The zero-order valence-corrected chi connectivity index (χ0v) is 18.1. The molecule has 1 aliphatic rings. The van der Waals surface area contributed by atoms with Gasteiger partial charge in [-0.15, -0.1) is 11.3 Å². The summed E-state index contributed by atoms with van der Waals surface area (Å²) in [5.74, 6) is 0.871. The summed E-state index contributed by atoms with van der Waals surface area (Å²) in [4.78, 5) is 22.5. The van der Waals surface area contributed by atoms with E-state index in [4.69, 9.17) is 16.6 Å². The molecule has 2 aromatic heterocycles. The number of pyridine rings is 1. The molecule has 1 aliphatic heterocycles. The van der Waals surface area contributed by atoms with Crippen LogP contribution in [0.5, 0.6) is 0 Å². The first-order chi connectivity index (χ1) is 14.6. The molecule has 3 heterocycles. The third-order valence-electron chi connectivity index (χ3n) is 5.53. The van der Waals surface area contributed by atoms with Crippen LogP contribution < -0.4 is 4.90 Å². The fourth-order valence-electron chi connectivity index (χ4n) is 3.94. The molecular weight excluding hydrogens is 414 g/mol. The van der Waals surface area contributed by atoms with Gasteiger partial charge in [-0.1, -0.05) is 29.8 Å². The minimum Gasteiger partial charge on any atom is -0.347 e. The fraction of sp³-hybridized carbons (Fsp3) is 0.208. The molecule has 0 saturated carbocycles. The molecule has 0 radical (unpaired) electrons. The Morgan fingerprint density at radius 1 is 1.20 bits per heavy atom. The second-order valence-corrected chi connectivity index (χ2v) is 9.29. The maximum Gasteiger partial charge on any atom is 0.142 e. The molecule has 4 nitrogen and oxygen atoms in total. The van der Waals surface area contributed by atoms with Gasteiger partial charge in [-0.3, -0.25) is 0 Å². The van der Waals surface area contributed by atoms with Crippen molar-refractivity contribution in [1.82, 2.24) is 9.97 Å². The van der Waals surface area contributed by atoms with Crippen LogP contribution in [0.2, 0.25) is 5.02 Å². The van der Waals surface area contributed by atoms with Gasteiger partial charge in [-0.2, -0.15) is 0 Å². The van der Waals surface area contributed by atoms with E-state index in [9.17, 15) is 4.79 Å². The number of carbonyl (C=O) groups is 1. The predicted molar refractivity (Wildman–Crippen MR) is 124 cm³/mol. The number of rotatable bonds is 5. The highest BCUT2D eigenvalue weighted by atomic mass is 35.5. The molecule has 1 atom stereocenters. The number of fused-ring (bicyclic) bond motifs is 1. The predicted octanol–water partition coefficient (Wildman–Crippen LogP) is 5.69. The summed E-state index contributed by atoms with van der Waals surface area (Å²) < 4.78 is 1.18. The topological polar surface area (TPSA) is 46.1 Å². The van der Waals surface area contributed by atoms with Crippen molar-refractivity contribution in [2.75, 3.05) is 11.4 Å². The Kier molecular flexibility index (Phi) is 5.01. The Labute approximate surface area is 184 Å². The SMILES string of the molecule is Cc1nc2c(-c3cccc(Cl)c3)cc(Cc3ccc(N4CC[C@H]4C=O)nc3)cc2s1. The summed E-state index contributed by atoms with van der Waals surface area (Å²) in [6.07, 6.45) is 4.61. The van der Waals surface area contributed by atoms with Crippen molar-refractivity contribution in [3.63, 3.8) is 0 Å². The first-order valence-corrected chi connectivity index (χ1v) is 11.1. The van der Waals surface area contributed by atoms with Gasteiger partial charge in [-0.25, -0.2) is 9.97 Å². The van der Waals surface area contributed by atoms with E-state index in [0.29, 0.717) is 0 Å². The zero-order valence-electron chi connectivity index (χ0n) is 16.5. The maximum absolute atomic E-state index is 11.1. The van der Waals surface area contributed by atoms with Crippen LogP contribution in [0.15, 0.2) is 54.7 Å². The average Bonchev–Trinajstić information content (AvgIpc) is 3.08. The van der Waals surface area contributed by atoms with Gasteiger partial charge in [-0.05, 0) is 66.8 Å². The van der Waals surface area contributed by atoms with Crippen molar-refractivity contribution in [1.29, 1.82) is 0 Å². The summed E-state index contributed by atoms with van der Waals surface area (Å²) in [6, 6.07) is 16.4. The second kappa shape index (κ2) is 7.82. The minimum atomic E-state index is -0.0272. The quantitative estimate of drug-likeness (QED) is 0.379. The number of benzene rings is 2. The van der Waals surface area contributed by atoms with Gasteiger partial charge in [0.1, 0.15) is 12.1 Å². The highest BCUT2D eigenvalue weighted by molar-refractivity contribution is 7.18. The highest BCUT2D eigenvalue weighted by Crippen LogP contribution is 2.34. The molecule has 5 rings (SSSR count). The van der Waals surface area contributed by atoms with E-state index in [0.717, 1.165) is 63.7 Å². The van der Waals surface area contributed by atoms with E-state index in [1.807, 2.05) is 42.3 Å². The van der Waals surface area contributed by atoms with Gasteiger partial charge in [0.2, 0.25) is 0 Å². The van der Waals surface area contributed by atoms with Crippen LogP contribution in [0.4, 0.5) is 5.82 Å². The number of anilines is 1. The minimum absolute atomic E-state index is 0.0272. The third kappa shape index (κ3) is 3.59. The molecule has 4 aromatic rings. The summed E-state index contributed by atoms with van der Waals surface area (Å²) in [5, 5.41) is 1.77. The first-order valence-electron chi connectivity index (χ1n) is 9.93. The number of thiazole rings is 1. The van der Waals surface area contributed by atoms with E-state index >= 15 is 0 Å². The van der Waals surface area contributed by atoms with Gasteiger partial charge in [0.05, 0.1) is 21.3 Å². The molecule has 0 unspecified atom stereocenters. The number of hydrogen-bond acceptors (Lipinski definition) is 5.